The third-order valence-corrected chi connectivity index (χ3v) is 2.23. The van der Waals surface area contributed by atoms with Crippen LogP contribution in [0.15, 0.2) is 18.2 Å². The monoisotopic (exact) mass is 227 g/mol. The third kappa shape index (κ3) is 2.64. The van der Waals surface area contributed by atoms with Gasteiger partial charge in [-0.25, -0.2) is 0 Å². The summed E-state index contributed by atoms with van der Waals surface area (Å²) in [6.07, 6.45) is 3.71. The van der Waals surface area contributed by atoms with Gasteiger partial charge < -0.3 is 15.2 Å². The van der Waals surface area contributed by atoms with Crippen molar-refractivity contribution in [2.45, 2.75) is 0 Å². The minimum atomic E-state index is 0.480. The molecular weight excluding hydrogens is 214 g/mol. The van der Waals surface area contributed by atoms with Crippen LogP contribution in [0.5, 0.6) is 11.5 Å². The van der Waals surface area contributed by atoms with Crippen molar-refractivity contribution in [3.8, 4) is 11.5 Å². The summed E-state index contributed by atoms with van der Waals surface area (Å²) < 4.78 is 10.4. The third-order valence-electron chi connectivity index (χ3n) is 1.94. The van der Waals surface area contributed by atoms with Gasteiger partial charge in [0.1, 0.15) is 0 Å². The molecule has 0 heterocycles. The summed E-state index contributed by atoms with van der Waals surface area (Å²) in [5, 5.41) is 0.527. The first-order valence-corrected chi connectivity index (χ1v) is 4.89. The lowest BCUT2D eigenvalue weighted by molar-refractivity contribution is 0.354. The van der Waals surface area contributed by atoms with E-state index in [1.165, 1.54) is 0 Å². The standard InChI is InChI=1S/C11H14ClNO2/c1-14-10-8(4-3-7-13)5-6-9(12)11(10)15-2/h3-6H,7,13H2,1-2H3/b4-3+. The Bertz CT molecular complexity index is 364. The van der Waals surface area contributed by atoms with E-state index in [9.17, 15) is 0 Å². The Balaban J connectivity index is 3.22. The van der Waals surface area contributed by atoms with Crippen molar-refractivity contribution in [1.82, 2.24) is 0 Å². The molecule has 0 atom stereocenters. The number of halogens is 1. The van der Waals surface area contributed by atoms with Gasteiger partial charge in [-0.05, 0) is 12.1 Å². The summed E-state index contributed by atoms with van der Waals surface area (Å²) in [6, 6.07) is 3.62. The van der Waals surface area contributed by atoms with Crippen molar-refractivity contribution < 1.29 is 9.47 Å². The summed E-state index contributed by atoms with van der Waals surface area (Å²) in [5.41, 5.74) is 6.28. The molecule has 1 rings (SSSR count). The first kappa shape index (κ1) is 11.9. The molecule has 15 heavy (non-hydrogen) atoms. The minimum Gasteiger partial charge on any atom is -0.492 e. The molecule has 1 aromatic rings. The van der Waals surface area contributed by atoms with Gasteiger partial charge in [0.2, 0.25) is 0 Å². The van der Waals surface area contributed by atoms with E-state index in [4.69, 9.17) is 26.8 Å². The van der Waals surface area contributed by atoms with Crippen LogP contribution >= 0.6 is 11.6 Å². The van der Waals surface area contributed by atoms with Gasteiger partial charge >= 0.3 is 0 Å². The maximum atomic E-state index is 5.96. The molecule has 0 amide bonds. The van der Waals surface area contributed by atoms with E-state index in [0.717, 1.165) is 5.56 Å². The Hall–Kier alpha value is -1.19. The zero-order chi connectivity index (χ0) is 11.3. The number of benzene rings is 1. The number of hydrogen-bond donors (Lipinski definition) is 1. The van der Waals surface area contributed by atoms with E-state index < -0.39 is 0 Å². The van der Waals surface area contributed by atoms with E-state index in [1.54, 1.807) is 20.3 Å². The van der Waals surface area contributed by atoms with E-state index >= 15 is 0 Å². The topological polar surface area (TPSA) is 44.5 Å². The lowest BCUT2D eigenvalue weighted by atomic mass is 10.1. The lowest BCUT2D eigenvalue weighted by Crippen LogP contribution is -1.95. The Labute approximate surface area is 94.4 Å². The smallest absolute Gasteiger partial charge is 0.180 e. The van der Waals surface area contributed by atoms with Crippen molar-refractivity contribution in [3.05, 3.63) is 28.8 Å². The SMILES string of the molecule is COc1c(Cl)ccc(/C=C/CN)c1OC. The van der Waals surface area contributed by atoms with Crippen LogP contribution in [0.4, 0.5) is 0 Å². The van der Waals surface area contributed by atoms with Crippen molar-refractivity contribution in [2.24, 2.45) is 5.73 Å². The summed E-state index contributed by atoms with van der Waals surface area (Å²) >= 11 is 5.96. The average Bonchev–Trinajstić information content (AvgIpc) is 2.26. The van der Waals surface area contributed by atoms with Gasteiger partial charge in [0, 0.05) is 12.1 Å². The predicted octanol–water partition coefficient (Wildman–Crippen LogP) is 2.33. The fourth-order valence-corrected chi connectivity index (χ4v) is 1.51. The first-order valence-electron chi connectivity index (χ1n) is 4.51. The van der Waals surface area contributed by atoms with E-state index in [-0.39, 0.29) is 0 Å². The molecule has 82 valence electrons. The zero-order valence-corrected chi connectivity index (χ0v) is 9.54. The van der Waals surface area contributed by atoms with Gasteiger partial charge in [-0.15, -0.1) is 0 Å². The van der Waals surface area contributed by atoms with Crippen LogP contribution in [-0.2, 0) is 0 Å². The molecule has 0 fully saturated rings. The molecule has 1 aromatic carbocycles. The second kappa shape index (κ2) is 5.63. The van der Waals surface area contributed by atoms with Crippen LogP contribution in [0.25, 0.3) is 6.08 Å². The zero-order valence-electron chi connectivity index (χ0n) is 8.79. The minimum absolute atomic E-state index is 0.480. The maximum absolute atomic E-state index is 5.96. The van der Waals surface area contributed by atoms with E-state index in [1.807, 2.05) is 18.2 Å². The van der Waals surface area contributed by atoms with E-state index in [0.29, 0.717) is 23.1 Å². The summed E-state index contributed by atoms with van der Waals surface area (Å²) in [7, 11) is 3.13. The Morgan fingerprint density at radius 1 is 1.27 bits per heavy atom. The Morgan fingerprint density at radius 2 is 1.93 bits per heavy atom. The molecule has 3 nitrogen and oxygen atoms in total. The number of rotatable bonds is 4. The largest absolute Gasteiger partial charge is 0.492 e. The Morgan fingerprint density at radius 3 is 2.47 bits per heavy atom. The molecule has 0 bridgehead atoms. The van der Waals surface area contributed by atoms with Crippen LogP contribution in [0.1, 0.15) is 5.56 Å². The van der Waals surface area contributed by atoms with Gasteiger partial charge in [0.05, 0.1) is 19.2 Å². The van der Waals surface area contributed by atoms with Gasteiger partial charge in [0.25, 0.3) is 0 Å². The molecule has 0 saturated carbocycles. The average molecular weight is 228 g/mol. The first-order chi connectivity index (χ1) is 7.24. The van der Waals surface area contributed by atoms with Gasteiger partial charge in [-0.2, -0.15) is 0 Å². The normalized spacial score (nSPS) is 10.7. The van der Waals surface area contributed by atoms with E-state index in [2.05, 4.69) is 0 Å². The highest BCUT2D eigenvalue weighted by Crippen LogP contribution is 2.38. The predicted molar refractivity (Wildman–Crippen MR) is 62.6 cm³/mol. The highest BCUT2D eigenvalue weighted by atomic mass is 35.5. The van der Waals surface area contributed by atoms with Crippen LogP contribution in [0.2, 0.25) is 5.02 Å². The molecule has 0 spiro atoms. The molecule has 4 heteroatoms. The maximum Gasteiger partial charge on any atom is 0.180 e. The van der Waals surface area contributed by atoms with Crippen LogP contribution in [0, 0.1) is 0 Å². The van der Waals surface area contributed by atoms with Crippen molar-refractivity contribution in [2.75, 3.05) is 20.8 Å². The second-order valence-corrected chi connectivity index (χ2v) is 3.25. The van der Waals surface area contributed by atoms with Gasteiger partial charge in [0.15, 0.2) is 11.5 Å². The molecule has 2 N–H and O–H groups in total. The van der Waals surface area contributed by atoms with Crippen molar-refractivity contribution in [3.63, 3.8) is 0 Å². The van der Waals surface area contributed by atoms with Crippen molar-refractivity contribution >= 4 is 17.7 Å². The molecule has 0 unspecified atom stereocenters. The molecule has 0 radical (unpaired) electrons. The quantitative estimate of drug-likeness (QED) is 0.859. The molecule has 0 aliphatic heterocycles. The van der Waals surface area contributed by atoms with Crippen LogP contribution in [0.3, 0.4) is 0 Å². The highest BCUT2D eigenvalue weighted by Gasteiger charge is 2.11. The number of nitrogens with two attached hydrogens (primary N) is 1. The van der Waals surface area contributed by atoms with Gasteiger partial charge in [-0.3, -0.25) is 0 Å². The number of hydrogen-bond acceptors (Lipinski definition) is 3. The summed E-state index contributed by atoms with van der Waals surface area (Å²) in [5.74, 6) is 1.16. The summed E-state index contributed by atoms with van der Waals surface area (Å²) in [4.78, 5) is 0. The van der Waals surface area contributed by atoms with Crippen LogP contribution in [-0.4, -0.2) is 20.8 Å². The fourth-order valence-electron chi connectivity index (χ4n) is 1.28. The summed E-state index contributed by atoms with van der Waals surface area (Å²) in [6.45, 7) is 0.480. The molecular formula is C11H14ClNO2. The number of ether oxygens (including phenoxy) is 2. The second-order valence-electron chi connectivity index (χ2n) is 2.84. The molecule has 0 aromatic heterocycles. The fraction of sp³-hybridized carbons (Fsp3) is 0.273. The van der Waals surface area contributed by atoms with Crippen molar-refractivity contribution in [1.29, 1.82) is 0 Å². The highest BCUT2D eigenvalue weighted by molar-refractivity contribution is 6.32. The molecule has 0 aliphatic rings. The molecule has 0 saturated heterocycles. The Kier molecular flexibility index (Phi) is 4.46. The van der Waals surface area contributed by atoms with Gasteiger partial charge in [-0.1, -0.05) is 23.8 Å². The number of methoxy groups -OCH3 is 2. The molecule has 0 aliphatic carbocycles. The van der Waals surface area contributed by atoms with Crippen LogP contribution < -0.4 is 15.2 Å². The lowest BCUT2D eigenvalue weighted by Gasteiger charge is -2.11.